The maximum absolute atomic E-state index is 13.3. The highest BCUT2D eigenvalue weighted by molar-refractivity contribution is 5.84. The van der Waals surface area contributed by atoms with Gasteiger partial charge in [-0.15, -0.1) is 0 Å². The van der Waals surface area contributed by atoms with Gasteiger partial charge in [0.05, 0.1) is 26.7 Å². The monoisotopic (exact) mass is 419 g/mol. The van der Waals surface area contributed by atoms with Crippen molar-refractivity contribution < 1.29 is 19.2 Å². The molecule has 160 valence electrons. The molecule has 4 aromatic rings. The number of ether oxygens (including phenoxy) is 2. The number of quaternary nitrogens is 1. The fourth-order valence-corrected chi connectivity index (χ4v) is 4.23. The number of hydrogen-bond acceptors (Lipinski definition) is 2. The normalized spacial score (nSPS) is 13.2. The SMILES string of the molecule is COc1cccc([C@H](C[NH2+][C@H](C)c2ccc(F)cc2)c2c[nH]c3ccccc23)c1OC. The van der Waals surface area contributed by atoms with E-state index in [0.29, 0.717) is 0 Å². The van der Waals surface area contributed by atoms with Crippen LogP contribution in [0.25, 0.3) is 10.9 Å². The van der Waals surface area contributed by atoms with Crippen LogP contribution in [0.2, 0.25) is 0 Å². The maximum atomic E-state index is 13.3. The summed E-state index contributed by atoms with van der Waals surface area (Å²) in [5.41, 5.74) is 4.49. The molecule has 0 aliphatic rings. The third-order valence-corrected chi connectivity index (χ3v) is 5.93. The van der Waals surface area contributed by atoms with E-state index in [1.54, 1.807) is 14.2 Å². The van der Waals surface area contributed by atoms with Crippen LogP contribution in [0.3, 0.4) is 0 Å². The van der Waals surface area contributed by atoms with Gasteiger partial charge in [0.1, 0.15) is 11.9 Å². The third-order valence-electron chi connectivity index (χ3n) is 5.93. The van der Waals surface area contributed by atoms with E-state index in [0.717, 1.165) is 34.7 Å². The number of aromatic amines is 1. The van der Waals surface area contributed by atoms with Crippen molar-refractivity contribution in [3.8, 4) is 11.5 Å². The van der Waals surface area contributed by atoms with Crippen molar-refractivity contribution in [2.45, 2.75) is 18.9 Å². The van der Waals surface area contributed by atoms with Crippen molar-refractivity contribution in [2.75, 3.05) is 20.8 Å². The number of rotatable bonds is 8. The van der Waals surface area contributed by atoms with Crippen LogP contribution in [0, 0.1) is 5.82 Å². The van der Waals surface area contributed by atoms with Crippen molar-refractivity contribution >= 4 is 10.9 Å². The molecule has 0 aliphatic heterocycles. The Morgan fingerprint density at radius 1 is 0.903 bits per heavy atom. The Labute approximate surface area is 182 Å². The van der Waals surface area contributed by atoms with E-state index in [-0.39, 0.29) is 17.8 Å². The number of benzene rings is 3. The molecular formula is C26H28FN2O2+. The van der Waals surface area contributed by atoms with Crippen LogP contribution in [0.5, 0.6) is 11.5 Å². The van der Waals surface area contributed by atoms with E-state index >= 15 is 0 Å². The van der Waals surface area contributed by atoms with Gasteiger partial charge in [-0.2, -0.15) is 0 Å². The zero-order valence-electron chi connectivity index (χ0n) is 18.1. The number of nitrogens with one attached hydrogen (secondary N) is 1. The zero-order chi connectivity index (χ0) is 21.8. The molecular weight excluding hydrogens is 391 g/mol. The van der Waals surface area contributed by atoms with Crippen LogP contribution in [-0.2, 0) is 0 Å². The number of H-pyrrole nitrogens is 1. The number of halogens is 1. The standard InChI is InChI=1S/C26H27FN2O2/c1-17(18-11-13-19(27)14-12-18)28-15-23(21-8-6-10-25(30-2)26(21)31-3)22-16-29-24-9-5-4-7-20(22)24/h4-14,16-17,23,28-29H,15H2,1-3H3/p+1/t17-,23+/m1/s1. The predicted octanol–water partition coefficient (Wildman–Crippen LogP) is 4.78. The Morgan fingerprint density at radius 2 is 1.68 bits per heavy atom. The van der Waals surface area contributed by atoms with E-state index < -0.39 is 0 Å². The Balaban J connectivity index is 1.72. The second-order valence-electron chi connectivity index (χ2n) is 7.74. The number of nitrogens with two attached hydrogens (primary N) is 1. The van der Waals surface area contributed by atoms with Crippen molar-refractivity contribution in [2.24, 2.45) is 0 Å². The molecule has 4 nitrogen and oxygen atoms in total. The Morgan fingerprint density at radius 3 is 2.42 bits per heavy atom. The number of hydrogen-bond donors (Lipinski definition) is 2. The van der Waals surface area contributed by atoms with Gasteiger partial charge in [0, 0.05) is 28.2 Å². The molecule has 0 saturated heterocycles. The molecule has 0 amide bonds. The van der Waals surface area contributed by atoms with Gasteiger partial charge in [-0.1, -0.05) is 42.5 Å². The molecule has 0 bridgehead atoms. The second kappa shape index (κ2) is 9.23. The highest BCUT2D eigenvalue weighted by atomic mass is 19.1. The lowest BCUT2D eigenvalue weighted by atomic mass is 9.89. The van der Waals surface area contributed by atoms with E-state index in [1.807, 2.05) is 30.3 Å². The van der Waals surface area contributed by atoms with Crippen LogP contribution in [0.1, 0.15) is 35.6 Å². The fourth-order valence-electron chi connectivity index (χ4n) is 4.23. The second-order valence-corrected chi connectivity index (χ2v) is 7.74. The van der Waals surface area contributed by atoms with Crippen molar-refractivity contribution in [3.63, 3.8) is 0 Å². The summed E-state index contributed by atoms with van der Waals surface area (Å²) in [6.45, 7) is 2.94. The Hall–Kier alpha value is -3.31. The smallest absolute Gasteiger partial charge is 0.164 e. The summed E-state index contributed by atoms with van der Waals surface area (Å²) in [6.07, 6.45) is 2.09. The van der Waals surface area contributed by atoms with Gasteiger partial charge >= 0.3 is 0 Å². The fraction of sp³-hybridized carbons (Fsp3) is 0.231. The maximum Gasteiger partial charge on any atom is 0.164 e. The van der Waals surface area contributed by atoms with Gasteiger partial charge in [-0.3, -0.25) is 0 Å². The largest absolute Gasteiger partial charge is 0.493 e. The van der Waals surface area contributed by atoms with Gasteiger partial charge in [-0.25, -0.2) is 4.39 Å². The van der Waals surface area contributed by atoms with Crippen molar-refractivity contribution in [1.82, 2.24) is 4.98 Å². The molecule has 3 aromatic carbocycles. The highest BCUT2D eigenvalue weighted by Crippen LogP contribution is 2.39. The van der Waals surface area contributed by atoms with E-state index in [1.165, 1.54) is 23.1 Å². The summed E-state index contributed by atoms with van der Waals surface area (Å²) in [4.78, 5) is 3.40. The lowest BCUT2D eigenvalue weighted by Crippen LogP contribution is -2.85. The van der Waals surface area contributed by atoms with E-state index in [4.69, 9.17) is 9.47 Å². The molecule has 0 saturated carbocycles. The van der Waals surface area contributed by atoms with Crippen LogP contribution in [-0.4, -0.2) is 25.7 Å². The minimum atomic E-state index is -0.214. The topological polar surface area (TPSA) is 50.9 Å². The van der Waals surface area contributed by atoms with Crippen LogP contribution in [0.4, 0.5) is 4.39 Å². The van der Waals surface area contributed by atoms with Gasteiger partial charge in [0.15, 0.2) is 11.5 Å². The number of methoxy groups -OCH3 is 2. The van der Waals surface area contributed by atoms with Gasteiger partial charge in [0.25, 0.3) is 0 Å². The predicted molar refractivity (Wildman–Crippen MR) is 121 cm³/mol. The quantitative estimate of drug-likeness (QED) is 0.432. The van der Waals surface area contributed by atoms with E-state index in [2.05, 4.69) is 47.7 Å². The lowest BCUT2D eigenvalue weighted by molar-refractivity contribution is -0.693. The first-order chi connectivity index (χ1) is 15.1. The van der Waals surface area contributed by atoms with E-state index in [9.17, 15) is 4.39 Å². The Bertz CT molecular complexity index is 1150. The van der Waals surface area contributed by atoms with Crippen molar-refractivity contribution in [1.29, 1.82) is 0 Å². The molecule has 0 fully saturated rings. The molecule has 1 heterocycles. The van der Waals surface area contributed by atoms with Crippen molar-refractivity contribution in [3.05, 3.63) is 95.4 Å². The molecule has 4 rings (SSSR count). The molecule has 0 aliphatic carbocycles. The summed E-state index contributed by atoms with van der Waals surface area (Å²) in [6, 6.07) is 21.3. The molecule has 31 heavy (non-hydrogen) atoms. The summed E-state index contributed by atoms with van der Waals surface area (Å²) in [5, 5.41) is 3.48. The molecule has 0 spiro atoms. The zero-order valence-corrected chi connectivity index (χ0v) is 18.1. The molecule has 0 unspecified atom stereocenters. The first-order valence-corrected chi connectivity index (χ1v) is 10.5. The molecule has 0 radical (unpaired) electrons. The Kier molecular flexibility index (Phi) is 6.23. The minimum absolute atomic E-state index is 0.0732. The van der Waals surface area contributed by atoms with Gasteiger partial charge in [-0.05, 0) is 36.8 Å². The van der Waals surface area contributed by atoms with Gasteiger partial charge in [0.2, 0.25) is 0 Å². The third kappa shape index (κ3) is 4.28. The molecule has 1 aromatic heterocycles. The first kappa shape index (κ1) is 20.9. The van der Waals surface area contributed by atoms with Crippen LogP contribution < -0.4 is 14.8 Å². The average Bonchev–Trinajstić information content (AvgIpc) is 3.23. The molecule has 2 atom stereocenters. The average molecular weight is 420 g/mol. The lowest BCUT2D eigenvalue weighted by Gasteiger charge is -2.22. The molecule has 5 heteroatoms. The van der Waals surface area contributed by atoms with Gasteiger partial charge < -0.3 is 19.8 Å². The summed E-state index contributed by atoms with van der Waals surface area (Å²) in [5.74, 6) is 1.33. The summed E-state index contributed by atoms with van der Waals surface area (Å²) in [7, 11) is 3.34. The number of aromatic nitrogens is 1. The highest BCUT2D eigenvalue weighted by Gasteiger charge is 2.26. The van der Waals surface area contributed by atoms with Crippen LogP contribution in [0.15, 0.2) is 72.9 Å². The minimum Gasteiger partial charge on any atom is -0.493 e. The number of fused-ring (bicyclic) bond motifs is 1. The first-order valence-electron chi connectivity index (χ1n) is 10.5. The van der Waals surface area contributed by atoms with Crippen LogP contribution >= 0.6 is 0 Å². The molecule has 3 N–H and O–H groups in total. The summed E-state index contributed by atoms with van der Waals surface area (Å²) >= 11 is 0. The number of para-hydroxylation sites is 2. The summed E-state index contributed by atoms with van der Waals surface area (Å²) < 4.78 is 24.7.